The van der Waals surface area contributed by atoms with E-state index >= 15 is 0 Å². The molecule has 0 saturated carbocycles. The van der Waals surface area contributed by atoms with E-state index in [-0.39, 0.29) is 12.6 Å². The summed E-state index contributed by atoms with van der Waals surface area (Å²) in [6.45, 7) is 1.92. The number of rotatable bonds is 4. The van der Waals surface area contributed by atoms with Gasteiger partial charge in [-0.15, -0.1) is 0 Å². The van der Waals surface area contributed by atoms with E-state index < -0.39 is 0 Å². The molecule has 4 nitrogen and oxygen atoms in total. The maximum atomic E-state index is 9.08. The smallest absolute Gasteiger partial charge is 0.169 e. The van der Waals surface area contributed by atoms with Crippen LogP contribution in [0.4, 0.5) is 5.82 Å². The van der Waals surface area contributed by atoms with Crippen LogP contribution in [-0.4, -0.2) is 29.8 Å². The van der Waals surface area contributed by atoms with Crippen molar-refractivity contribution in [3.05, 3.63) is 28.7 Å². The van der Waals surface area contributed by atoms with E-state index in [1.54, 1.807) is 7.11 Å². The average Bonchev–Trinajstić information content (AvgIpc) is 2.37. The van der Waals surface area contributed by atoms with Crippen molar-refractivity contribution in [2.24, 2.45) is 0 Å². The molecule has 0 radical (unpaired) electrons. The number of fused-ring (bicyclic) bond motifs is 1. The molecule has 2 rings (SSSR count). The Morgan fingerprint density at radius 2 is 2.22 bits per heavy atom. The number of aromatic nitrogens is 1. The summed E-state index contributed by atoms with van der Waals surface area (Å²) in [5, 5.41) is 13.2. The van der Waals surface area contributed by atoms with Gasteiger partial charge in [0.15, 0.2) is 11.6 Å². The van der Waals surface area contributed by atoms with Gasteiger partial charge in [-0.2, -0.15) is 0 Å². The molecule has 0 aliphatic carbocycles. The van der Waals surface area contributed by atoms with Gasteiger partial charge < -0.3 is 15.2 Å². The average molecular weight is 311 g/mol. The lowest BCUT2D eigenvalue weighted by Crippen LogP contribution is -2.20. The molecular weight excluding hydrogens is 296 g/mol. The summed E-state index contributed by atoms with van der Waals surface area (Å²) in [5.41, 5.74) is 0.873. The Balaban J connectivity index is 2.49. The first-order chi connectivity index (χ1) is 8.63. The van der Waals surface area contributed by atoms with Crippen molar-refractivity contribution in [1.82, 2.24) is 4.98 Å². The number of hydrogen-bond acceptors (Lipinski definition) is 4. The largest absolute Gasteiger partial charge is 0.493 e. The van der Waals surface area contributed by atoms with Crippen molar-refractivity contribution < 1.29 is 9.84 Å². The van der Waals surface area contributed by atoms with Crippen LogP contribution >= 0.6 is 15.9 Å². The summed E-state index contributed by atoms with van der Waals surface area (Å²) in [4.78, 5) is 4.52. The molecule has 0 aliphatic rings. The van der Waals surface area contributed by atoms with Crippen LogP contribution in [0.1, 0.15) is 6.92 Å². The van der Waals surface area contributed by atoms with Crippen LogP contribution in [0.25, 0.3) is 10.9 Å². The molecule has 0 unspecified atom stereocenters. The third-order valence-electron chi connectivity index (χ3n) is 2.62. The Hall–Kier alpha value is -1.33. The van der Waals surface area contributed by atoms with Gasteiger partial charge in [-0.05, 0) is 25.1 Å². The zero-order valence-electron chi connectivity index (χ0n) is 10.3. The summed E-state index contributed by atoms with van der Waals surface area (Å²) in [6.07, 6.45) is 0. The van der Waals surface area contributed by atoms with Crippen molar-refractivity contribution >= 4 is 32.7 Å². The third kappa shape index (κ3) is 2.73. The molecule has 0 saturated heterocycles. The summed E-state index contributed by atoms with van der Waals surface area (Å²) in [7, 11) is 1.61. The maximum Gasteiger partial charge on any atom is 0.169 e. The second kappa shape index (κ2) is 5.54. The van der Waals surface area contributed by atoms with E-state index in [1.807, 2.05) is 31.2 Å². The van der Waals surface area contributed by atoms with E-state index in [0.29, 0.717) is 11.6 Å². The molecule has 2 N–H and O–H groups in total. The Labute approximate surface area is 114 Å². The van der Waals surface area contributed by atoms with Crippen molar-refractivity contribution in [1.29, 1.82) is 0 Å². The van der Waals surface area contributed by atoms with E-state index in [1.165, 1.54) is 0 Å². The zero-order chi connectivity index (χ0) is 13.1. The molecule has 18 heavy (non-hydrogen) atoms. The molecule has 1 heterocycles. The molecule has 0 aliphatic heterocycles. The lowest BCUT2D eigenvalue weighted by Gasteiger charge is -2.15. The van der Waals surface area contributed by atoms with Gasteiger partial charge in [0.25, 0.3) is 0 Å². The minimum atomic E-state index is -0.0731. The Morgan fingerprint density at radius 3 is 2.89 bits per heavy atom. The first-order valence-corrected chi connectivity index (χ1v) is 6.45. The van der Waals surface area contributed by atoms with Gasteiger partial charge >= 0.3 is 0 Å². The SMILES string of the molecule is COc1cc2ccc(Br)cc2nc1N[C@@H](C)CO. The number of aliphatic hydroxyl groups excluding tert-OH is 1. The second-order valence-corrected chi connectivity index (χ2v) is 5.02. The number of pyridine rings is 1. The number of nitrogens with zero attached hydrogens (tertiary/aromatic N) is 1. The lowest BCUT2D eigenvalue weighted by molar-refractivity contribution is 0.281. The minimum Gasteiger partial charge on any atom is -0.493 e. The number of aliphatic hydroxyl groups is 1. The maximum absolute atomic E-state index is 9.08. The Bertz CT molecular complexity index is 560. The number of halogens is 1. The molecule has 0 bridgehead atoms. The Morgan fingerprint density at radius 1 is 1.44 bits per heavy atom. The van der Waals surface area contributed by atoms with E-state index in [4.69, 9.17) is 9.84 Å². The van der Waals surface area contributed by atoms with Crippen molar-refractivity contribution in [3.8, 4) is 5.75 Å². The molecule has 0 spiro atoms. The number of hydrogen-bond donors (Lipinski definition) is 2. The molecule has 2 aromatic rings. The van der Waals surface area contributed by atoms with Gasteiger partial charge in [0.1, 0.15) is 0 Å². The van der Waals surface area contributed by atoms with Crippen LogP contribution in [0, 0.1) is 0 Å². The monoisotopic (exact) mass is 310 g/mol. The Kier molecular flexibility index (Phi) is 4.04. The molecular formula is C13H15BrN2O2. The van der Waals surface area contributed by atoms with Gasteiger partial charge in [0, 0.05) is 15.9 Å². The number of methoxy groups -OCH3 is 1. The first-order valence-electron chi connectivity index (χ1n) is 5.65. The van der Waals surface area contributed by atoms with Crippen LogP contribution in [0.15, 0.2) is 28.7 Å². The van der Waals surface area contributed by atoms with Gasteiger partial charge in [-0.1, -0.05) is 22.0 Å². The number of nitrogens with one attached hydrogen (secondary N) is 1. The number of anilines is 1. The van der Waals surface area contributed by atoms with Crippen LogP contribution in [0.3, 0.4) is 0 Å². The van der Waals surface area contributed by atoms with Crippen LogP contribution in [0.2, 0.25) is 0 Å². The summed E-state index contributed by atoms with van der Waals surface area (Å²) in [5.74, 6) is 1.31. The predicted molar refractivity (Wildman–Crippen MR) is 76.2 cm³/mol. The topological polar surface area (TPSA) is 54.4 Å². The minimum absolute atomic E-state index is 0.0430. The van der Waals surface area contributed by atoms with E-state index in [0.717, 1.165) is 15.4 Å². The molecule has 96 valence electrons. The number of ether oxygens (including phenoxy) is 1. The van der Waals surface area contributed by atoms with Gasteiger partial charge in [0.05, 0.1) is 19.2 Å². The van der Waals surface area contributed by atoms with Crippen molar-refractivity contribution in [3.63, 3.8) is 0 Å². The molecule has 1 atom stereocenters. The zero-order valence-corrected chi connectivity index (χ0v) is 11.9. The van der Waals surface area contributed by atoms with Crippen molar-refractivity contribution in [2.75, 3.05) is 19.0 Å². The van der Waals surface area contributed by atoms with Crippen molar-refractivity contribution in [2.45, 2.75) is 13.0 Å². The highest BCUT2D eigenvalue weighted by Crippen LogP contribution is 2.28. The highest BCUT2D eigenvalue weighted by molar-refractivity contribution is 9.10. The highest BCUT2D eigenvalue weighted by Gasteiger charge is 2.10. The van der Waals surface area contributed by atoms with E-state index in [2.05, 4.69) is 26.2 Å². The second-order valence-electron chi connectivity index (χ2n) is 4.10. The van der Waals surface area contributed by atoms with Crippen LogP contribution in [0.5, 0.6) is 5.75 Å². The van der Waals surface area contributed by atoms with Gasteiger partial charge in [0.2, 0.25) is 0 Å². The fraction of sp³-hybridized carbons (Fsp3) is 0.308. The lowest BCUT2D eigenvalue weighted by atomic mass is 10.2. The molecule has 5 heteroatoms. The van der Waals surface area contributed by atoms with Crippen LogP contribution < -0.4 is 10.1 Å². The third-order valence-corrected chi connectivity index (χ3v) is 3.11. The normalized spacial score (nSPS) is 12.4. The summed E-state index contributed by atoms with van der Waals surface area (Å²) in [6, 6.07) is 7.75. The van der Waals surface area contributed by atoms with Gasteiger partial charge in [-0.3, -0.25) is 0 Å². The predicted octanol–water partition coefficient (Wildman–Crippen LogP) is 2.80. The quantitative estimate of drug-likeness (QED) is 0.912. The summed E-state index contributed by atoms with van der Waals surface area (Å²) < 4.78 is 6.29. The first kappa shape index (κ1) is 13.1. The highest BCUT2D eigenvalue weighted by atomic mass is 79.9. The fourth-order valence-electron chi connectivity index (χ4n) is 1.66. The van der Waals surface area contributed by atoms with Gasteiger partial charge in [-0.25, -0.2) is 4.98 Å². The summed E-state index contributed by atoms with van der Waals surface area (Å²) >= 11 is 3.43. The molecule has 1 aromatic heterocycles. The molecule has 0 fully saturated rings. The fourth-order valence-corrected chi connectivity index (χ4v) is 2.01. The molecule has 0 amide bonds. The standard InChI is InChI=1S/C13H15BrN2O2/c1-8(7-17)15-13-12(18-2)5-9-3-4-10(14)6-11(9)16-13/h3-6,8,17H,7H2,1-2H3,(H,15,16)/t8-/m0/s1. The number of benzene rings is 1. The van der Waals surface area contributed by atoms with Crippen LogP contribution in [-0.2, 0) is 0 Å². The van der Waals surface area contributed by atoms with E-state index in [9.17, 15) is 0 Å². The molecule has 1 aromatic carbocycles.